The highest BCUT2D eigenvalue weighted by molar-refractivity contribution is 5.89. The summed E-state index contributed by atoms with van der Waals surface area (Å²) in [4.78, 5) is 28.8. The fraction of sp³-hybridized carbons (Fsp3) is 0.800. The second-order valence-corrected chi connectivity index (χ2v) is 12.2. The first-order valence-electron chi connectivity index (χ1n) is 15.8. The van der Waals surface area contributed by atoms with Gasteiger partial charge in [0.05, 0.1) is 19.1 Å². The molecule has 0 unspecified atom stereocenters. The van der Waals surface area contributed by atoms with E-state index in [1.54, 1.807) is 0 Å². The summed E-state index contributed by atoms with van der Waals surface area (Å²) in [6.45, 7) is 2.29. The Kier molecular flexibility index (Phi) is 13.8. The predicted octanol–water partition coefficient (Wildman–Crippen LogP) is 2.39. The molecule has 226 valence electrons. The van der Waals surface area contributed by atoms with E-state index < -0.39 is 18.0 Å². The molecule has 0 aromatic carbocycles. The topological polar surface area (TPSA) is 171 Å². The van der Waals surface area contributed by atoms with Gasteiger partial charge < -0.3 is 28.3 Å². The normalized spacial score (nSPS) is 18.2. The first-order valence-corrected chi connectivity index (χ1v) is 15.8. The van der Waals surface area contributed by atoms with Gasteiger partial charge in [0.15, 0.2) is 5.96 Å². The number of imidazole rings is 1. The number of rotatable bonds is 17. The molecule has 10 nitrogen and oxygen atoms in total. The molecule has 2 atom stereocenters. The molecule has 0 bridgehead atoms. The third-order valence-electron chi connectivity index (χ3n) is 8.83. The largest absolute Gasteiger partial charge is 0.370 e. The van der Waals surface area contributed by atoms with Crippen molar-refractivity contribution in [2.24, 2.45) is 39.8 Å². The van der Waals surface area contributed by atoms with Crippen molar-refractivity contribution in [2.75, 3.05) is 6.54 Å². The zero-order valence-electron chi connectivity index (χ0n) is 24.6. The molecular weight excluding hydrogens is 504 g/mol. The van der Waals surface area contributed by atoms with Gasteiger partial charge in [-0.3, -0.25) is 14.6 Å². The summed E-state index contributed by atoms with van der Waals surface area (Å²) < 4.78 is 4.57. The summed E-state index contributed by atoms with van der Waals surface area (Å²) in [6.07, 6.45) is 24.2. The number of carbonyl (C=O) groups excluding carboxylic acids is 2. The lowest BCUT2D eigenvalue weighted by Crippen LogP contribution is -2.51. The van der Waals surface area contributed by atoms with Gasteiger partial charge in [0.2, 0.25) is 18.1 Å². The molecule has 1 aromatic heterocycles. The van der Waals surface area contributed by atoms with Crippen LogP contribution in [0.15, 0.2) is 17.5 Å². The molecule has 1 aromatic rings. The van der Waals surface area contributed by atoms with E-state index >= 15 is 0 Å². The van der Waals surface area contributed by atoms with E-state index in [0.717, 1.165) is 37.0 Å². The number of hydrogen-bond acceptors (Lipinski definition) is 4. The maximum Gasteiger partial charge on any atom is 0.243 e. The van der Waals surface area contributed by atoms with Gasteiger partial charge in [-0.15, -0.1) is 0 Å². The van der Waals surface area contributed by atoms with Crippen LogP contribution in [0.2, 0.25) is 0 Å². The Morgan fingerprint density at radius 3 is 2.17 bits per heavy atom. The summed E-state index contributed by atoms with van der Waals surface area (Å²) in [7, 11) is 0. The number of primary amides is 1. The van der Waals surface area contributed by atoms with Gasteiger partial charge in [-0.25, -0.2) is 9.13 Å². The summed E-state index contributed by atoms with van der Waals surface area (Å²) in [6, 6.07) is -1.58. The van der Waals surface area contributed by atoms with Crippen LogP contribution in [0.5, 0.6) is 0 Å². The smallest absolute Gasteiger partial charge is 0.243 e. The van der Waals surface area contributed by atoms with Crippen LogP contribution in [0.1, 0.15) is 108 Å². The molecule has 0 saturated heterocycles. The lowest BCUT2D eigenvalue weighted by atomic mass is 9.86. The van der Waals surface area contributed by atoms with E-state index in [1.165, 1.54) is 83.5 Å². The molecule has 2 aliphatic rings. The average molecular weight is 560 g/mol. The van der Waals surface area contributed by atoms with Crippen molar-refractivity contribution in [1.29, 1.82) is 0 Å². The molecule has 0 spiro atoms. The Morgan fingerprint density at radius 2 is 1.57 bits per heavy atom. The molecule has 10 heteroatoms. The highest BCUT2D eigenvalue weighted by Gasteiger charge is 2.25. The first-order chi connectivity index (χ1) is 19.3. The van der Waals surface area contributed by atoms with Crippen molar-refractivity contribution < 1.29 is 14.2 Å². The fourth-order valence-corrected chi connectivity index (χ4v) is 6.50. The Balaban J connectivity index is 1.57. The molecule has 1 heterocycles. The van der Waals surface area contributed by atoms with Crippen molar-refractivity contribution in [3.63, 3.8) is 0 Å². The first kappa shape index (κ1) is 31.9. The minimum Gasteiger partial charge on any atom is -0.370 e. The number of nitrogens with two attached hydrogens (primary N) is 4. The quantitative estimate of drug-likeness (QED) is 0.0852. The van der Waals surface area contributed by atoms with E-state index in [4.69, 9.17) is 22.9 Å². The molecule has 0 aliphatic heterocycles. The summed E-state index contributed by atoms with van der Waals surface area (Å²) in [5.74, 6) is 0.758. The van der Waals surface area contributed by atoms with Crippen molar-refractivity contribution in [3.05, 3.63) is 18.2 Å². The van der Waals surface area contributed by atoms with Gasteiger partial charge in [-0.05, 0) is 50.4 Å². The van der Waals surface area contributed by atoms with Crippen LogP contribution >= 0.6 is 0 Å². The third-order valence-corrected chi connectivity index (χ3v) is 8.83. The number of aliphatic imine (C=N–C) groups is 1. The van der Waals surface area contributed by atoms with Crippen LogP contribution in [0.3, 0.4) is 0 Å². The van der Waals surface area contributed by atoms with Gasteiger partial charge in [-0.1, -0.05) is 64.2 Å². The minimum atomic E-state index is -0.806. The Hall–Kier alpha value is -2.62. The number of guanidine groups is 1. The van der Waals surface area contributed by atoms with Gasteiger partial charge in [0, 0.05) is 13.0 Å². The highest BCUT2D eigenvalue weighted by atomic mass is 16.2. The Morgan fingerprint density at radius 1 is 0.950 bits per heavy atom. The highest BCUT2D eigenvalue weighted by Crippen LogP contribution is 2.28. The SMILES string of the molecule is NC(=O)[C@H](CCCN=C(N)N)NC(=O)[C@@H](N)Cc1c[n+](CCCC2CCCCC2)cn1CCCC1CCCCC1. The lowest BCUT2D eigenvalue weighted by molar-refractivity contribution is -0.697. The monoisotopic (exact) mass is 559 g/mol. The zero-order chi connectivity index (χ0) is 28.7. The standard InChI is InChI=1S/C30H54N8O2/c31-26(29(40)36-27(28(32)39)16-7-17-35-30(33)34)20-25-21-37(18-8-14-23-10-3-1-4-11-23)22-38(25)19-9-15-24-12-5-2-6-13-24/h21-24,26-27H,1-20,31H2,(H6-,32,33,34,35,36,39,40)/p+1/t26-,27-/m0/s1. The Bertz CT molecular complexity index is 930. The van der Waals surface area contributed by atoms with Crippen molar-refractivity contribution in [3.8, 4) is 0 Å². The van der Waals surface area contributed by atoms with E-state index in [2.05, 4.69) is 32.0 Å². The number of carbonyl (C=O) groups is 2. The number of nitrogens with one attached hydrogen (secondary N) is 1. The molecular formula is C30H55N8O2+. The number of hydrogen-bond donors (Lipinski definition) is 5. The summed E-state index contributed by atoms with van der Waals surface area (Å²) in [5, 5.41) is 2.74. The molecule has 2 saturated carbocycles. The van der Waals surface area contributed by atoms with Crippen LogP contribution in [-0.4, -0.2) is 41.0 Å². The molecule has 9 N–H and O–H groups in total. The van der Waals surface area contributed by atoms with Crippen molar-refractivity contribution in [1.82, 2.24) is 9.88 Å². The van der Waals surface area contributed by atoms with E-state index in [1.807, 2.05) is 0 Å². The third kappa shape index (κ3) is 11.5. The number of aryl methyl sites for hydroxylation is 2. The second-order valence-electron chi connectivity index (χ2n) is 12.2. The van der Waals surface area contributed by atoms with Crippen molar-refractivity contribution in [2.45, 2.75) is 134 Å². The maximum absolute atomic E-state index is 13.0. The van der Waals surface area contributed by atoms with Gasteiger partial charge >= 0.3 is 0 Å². The molecule has 0 radical (unpaired) electrons. The Labute approximate surface area is 240 Å². The fourth-order valence-electron chi connectivity index (χ4n) is 6.50. The second kappa shape index (κ2) is 17.3. The summed E-state index contributed by atoms with van der Waals surface area (Å²) in [5.41, 5.74) is 23.7. The lowest BCUT2D eigenvalue weighted by Gasteiger charge is -2.21. The van der Waals surface area contributed by atoms with Crippen LogP contribution in [0.25, 0.3) is 0 Å². The van der Waals surface area contributed by atoms with E-state index in [9.17, 15) is 9.59 Å². The van der Waals surface area contributed by atoms with Crippen LogP contribution < -0.4 is 32.8 Å². The van der Waals surface area contributed by atoms with Gasteiger partial charge in [0.25, 0.3) is 0 Å². The van der Waals surface area contributed by atoms with Crippen LogP contribution in [0, 0.1) is 11.8 Å². The number of amides is 2. The molecule has 40 heavy (non-hydrogen) atoms. The van der Waals surface area contributed by atoms with Crippen LogP contribution in [0.4, 0.5) is 0 Å². The minimum absolute atomic E-state index is 0.00495. The van der Waals surface area contributed by atoms with Gasteiger partial charge in [-0.2, -0.15) is 0 Å². The summed E-state index contributed by atoms with van der Waals surface area (Å²) >= 11 is 0. The number of nitrogens with zero attached hydrogens (tertiary/aromatic N) is 3. The zero-order valence-corrected chi connectivity index (χ0v) is 24.6. The van der Waals surface area contributed by atoms with E-state index in [0.29, 0.717) is 25.8 Å². The molecule has 2 fully saturated rings. The van der Waals surface area contributed by atoms with Gasteiger partial charge in [0.1, 0.15) is 17.9 Å². The average Bonchev–Trinajstić information content (AvgIpc) is 3.32. The molecule has 2 amide bonds. The van der Waals surface area contributed by atoms with Crippen LogP contribution in [-0.2, 0) is 29.1 Å². The van der Waals surface area contributed by atoms with E-state index in [-0.39, 0.29) is 11.9 Å². The van der Waals surface area contributed by atoms with Crippen molar-refractivity contribution >= 4 is 17.8 Å². The molecule has 2 aliphatic carbocycles. The number of aromatic nitrogens is 2. The predicted molar refractivity (Wildman–Crippen MR) is 159 cm³/mol. The molecule has 3 rings (SSSR count). The maximum atomic E-state index is 13.0.